The van der Waals surface area contributed by atoms with Crippen molar-refractivity contribution in [1.29, 1.82) is 0 Å². The molecule has 21 rings (SSSR count). The highest BCUT2D eigenvalue weighted by atomic mass is 15.2. The first-order valence-corrected chi connectivity index (χ1v) is 51.8. The van der Waals surface area contributed by atoms with Crippen molar-refractivity contribution in [2.75, 3.05) is 9.80 Å². The van der Waals surface area contributed by atoms with Gasteiger partial charge in [0.15, 0.2) is 0 Å². The fraction of sp³-hybridized carbons (Fsp3) is 0.364. The monoisotopic (exact) mass is 1760 g/mol. The smallest absolute Gasteiger partial charge is 0.0496 e. The van der Waals surface area contributed by atoms with Crippen LogP contribution in [0.3, 0.4) is 0 Å². The second-order valence-electron chi connectivity index (χ2n) is 46.4. The van der Waals surface area contributed by atoms with E-state index in [2.05, 4.69) is 406 Å². The van der Waals surface area contributed by atoms with Gasteiger partial charge >= 0.3 is 0 Å². The molecule has 0 atom stereocenters. The number of anilines is 6. The number of hydrogen-bond donors (Lipinski definition) is 0. The van der Waals surface area contributed by atoms with Crippen LogP contribution in [-0.4, -0.2) is 0 Å². The molecule has 0 saturated heterocycles. The Morgan fingerprint density at radius 1 is 0.209 bits per heavy atom. The van der Waals surface area contributed by atoms with Gasteiger partial charge in [-0.05, 0) is 375 Å². The molecule has 3 fully saturated rings. The Bertz CT molecular complexity index is 6580. The van der Waals surface area contributed by atoms with Gasteiger partial charge in [-0.25, -0.2) is 0 Å². The van der Waals surface area contributed by atoms with E-state index in [-0.39, 0.29) is 32.5 Å². The maximum absolute atomic E-state index is 2.64. The highest BCUT2D eigenvalue weighted by molar-refractivity contribution is 5.92. The highest BCUT2D eigenvalue weighted by Gasteiger charge is 2.40. The normalized spacial score (nSPS) is 16.6. The van der Waals surface area contributed by atoms with Gasteiger partial charge in [-0.1, -0.05) is 381 Å². The molecular formula is C132H144N2. The molecule has 0 unspecified atom stereocenters. The third kappa shape index (κ3) is 17.9. The summed E-state index contributed by atoms with van der Waals surface area (Å²) in [5, 5.41) is 0. The van der Waals surface area contributed by atoms with Crippen molar-refractivity contribution in [3.05, 3.63) is 369 Å². The van der Waals surface area contributed by atoms with E-state index < -0.39 is 0 Å². The topological polar surface area (TPSA) is 6.48 Å². The molecule has 0 radical (unpaired) electrons. The molecule has 0 heterocycles. The van der Waals surface area contributed by atoms with E-state index in [1.165, 1.54) is 317 Å². The van der Waals surface area contributed by atoms with Crippen LogP contribution in [-0.2, 0) is 58.2 Å². The van der Waals surface area contributed by atoms with Gasteiger partial charge in [0, 0.05) is 45.0 Å². The van der Waals surface area contributed by atoms with E-state index in [9.17, 15) is 0 Å². The van der Waals surface area contributed by atoms with Crippen LogP contribution in [0.25, 0.3) is 89.0 Å². The quantitative estimate of drug-likeness (QED) is 0.101. The van der Waals surface area contributed by atoms with Gasteiger partial charge in [0.05, 0.1) is 0 Å². The Morgan fingerprint density at radius 2 is 0.515 bits per heavy atom. The predicted molar refractivity (Wildman–Crippen MR) is 576 cm³/mol. The summed E-state index contributed by atoms with van der Waals surface area (Å²) in [6, 6.07) is 112. The SMILES string of the molecule is CC(C)(C)c1cc(-c2ccc(N(c3ccc4c(c3)C(C)(C)c3ccccc3-4)c3ccc(-c4cccc(-c5cc(C6CCCCC6)cc(C6CCCCC6)c5)c4)c4c3CCCC4)cc2)cc(C(C)(C)C)c1.CC(C)(C)c1cc(-c2ccc(N(c3ccc4c(c3)C(C)(C)c3ccccc3-4)c3ccc(-c4cccc(-c5ccc(C6CCCCC6)cc5)c4)c4c3CCCC4)cc2)cc(C(C)(C)C)c1. The van der Waals surface area contributed by atoms with E-state index in [0.29, 0.717) is 11.8 Å². The lowest BCUT2D eigenvalue weighted by Crippen LogP contribution is -2.18. The van der Waals surface area contributed by atoms with Gasteiger partial charge in [0.25, 0.3) is 0 Å². The van der Waals surface area contributed by atoms with Crippen molar-refractivity contribution in [1.82, 2.24) is 0 Å². The molecule has 3 saturated carbocycles. The summed E-state index contributed by atoms with van der Waals surface area (Å²) < 4.78 is 0. The lowest BCUT2D eigenvalue weighted by molar-refractivity contribution is 0.435. The molecule has 2 heteroatoms. The van der Waals surface area contributed by atoms with Gasteiger partial charge in [-0.2, -0.15) is 0 Å². The van der Waals surface area contributed by atoms with Gasteiger partial charge in [0.2, 0.25) is 0 Å². The van der Waals surface area contributed by atoms with Crippen LogP contribution >= 0.6 is 0 Å². The molecule has 682 valence electrons. The van der Waals surface area contributed by atoms with Crippen LogP contribution in [0.4, 0.5) is 34.1 Å². The second kappa shape index (κ2) is 36.4. The zero-order valence-electron chi connectivity index (χ0n) is 83.5. The van der Waals surface area contributed by atoms with E-state index in [1.54, 1.807) is 11.1 Å². The largest absolute Gasteiger partial charge is 0.310 e. The number of fused-ring (bicyclic) bond motifs is 8. The van der Waals surface area contributed by atoms with Crippen molar-refractivity contribution in [3.8, 4) is 89.0 Å². The number of benzene rings is 14. The molecule has 2 nitrogen and oxygen atoms in total. The lowest BCUT2D eigenvalue weighted by atomic mass is 9.78. The molecule has 0 aromatic heterocycles. The van der Waals surface area contributed by atoms with Crippen LogP contribution in [0.1, 0.15) is 334 Å². The number of nitrogens with zero attached hydrogens (tertiary/aromatic N) is 2. The molecule has 14 aromatic carbocycles. The van der Waals surface area contributed by atoms with E-state index in [4.69, 9.17) is 0 Å². The molecule has 14 aromatic rings. The minimum Gasteiger partial charge on any atom is -0.310 e. The van der Waals surface area contributed by atoms with Gasteiger partial charge in [-0.15, -0.1) is 0 Å². The van der Waals surface area contributed by atoms with Crippen molar-refractivity contribution in [2.45, 2.75) is 309 Å². The number of hydrogen-bond acceptors (Lipinski definition) is 2. The molecule has 134 heavy (non-hydrogen) atoms. The third-order valence-corrected chi connectivity index (χ3v) is 32.5. The Hall–Kier alpha value is -11.3. The first kappa shape index (κ1) is 90.5. The van der Waals surface area contributed by atoms with Crippen LogP contribution in [0.5, 0.6) is 0 Å². The molecule has 7 aliphatic rings. The first-order valence-electron chi connectivity index (χ1n) is 51.8. The van der Waals surface area contributed by atoms with E-state index >= 15 is 0 Å². The summed E-state index contributed by atoms with van der Waals surface area (Å²) in [5.41, 5.74) is 50.8. The zero-order valence-corrected chi connectivity index (χ0v) is 83.5. The summed E-state index contributed by atoms with van der Waals surface area (Å²) in [5.74, 6) is 2.13. The minimum atomic E-state index is -0.0955. The Balaban J connectivity index is 0.000000167. The number of rotatable bonds is 15. The van der Waals surface area contributed by atoms with Crippen LogP contribution in [0.2, 0.25) is 0 Å². The van der Waals surface area contributed by atoms with E-state index in [0.717, 1.165) is 31.6 Å². The Kier molecular flexibility index (Phi) is 24.6. The van der Waals surface area contributed by atoms with Crippen LogP contribution < -0.4 is 9.80 Å². The van der Waals surface area contributed by atoms with Crippen LogP contribution in [0, 0.1) is 0 Å². The molecule has 0 spiro atoms. The molecular weight excluding hydrogens is 1610 g/mol. The summed E-state index contributed by atoms with van der Waals surface area (Å²) in [7, 11) is 0. The van der Waals surface area contributed by atoms with Crippen molar-refractivity contribution in [3.63, 3.8) is 0 Å². The highest BCUT2D eigenvalue weighted by Crippen LogP contribution is 2.56. The van der Waals surface area contributed by atoms with Crippen molar-refractivity contribution >= 4 is 34.1 Å². The average Bonchev–Trinajstić information content (AvgIpc) is 1.57. The Labute approximate surface area is 804 Å². The van der Waals surface area contributed by atoms with E-state index in [1.807, 2.05) is 0 Å². The fourth-order valence-corrected chi connectivity index (χ4v) is 24.4. The van der Waals surface area contributed by atoms with Crippen LogP contribution in [0.15, 0.2) is 285 Å². The van der Waals surface area contributed by atoms with Crippen molar-refractivity contribution < 1.29 is 0 Å². The average molecular weight is 1760 g/mol. The summed E-state index contributed by atoms with van der Waals surface area (Å²) >= 11 is 0. The van der Waals surface area contributed by atoms with Gasteiger partial charge in [0.1, 0.15) is 0 Å². The maximum Gasteiger partial charge on any atom is 0.0496 e. The van der Waals surface area contributed by atoms with Crippen molar-refractivity contribution in [2.24, 2.45) is 0 Å². The first-order chi connectivity index (χ1) is 64.4. The second-order valence-corrected chi connectivity index (χ2v) is 46.4. The molecule has 0 bridgehead atoms. The maximum atomic E-state index is 2.64. The summed E-state index contributed by atoms with van der Waals surface area (Å²) in [4.78, 5) is 5.18. The summed E-state index contributed by atoms with van der Waals surface area (Å²) in [6.45, 7) is 37.6. The molecule has 0 N–H and O–H groups in total. The fourth-order valence-electron chi connectivity index (χ4n) is 24.4. The molecule has 0 amide bonds. The predicted octanol–water partition coefficient (Wildman–Crippen LogP) is 38.0. The summed E-state index contributed by atoms with van der Waals surface area (Å²) in [6.07, 6.45) is 29.7. The van der Waals surface area contributed by atoms with Gasteiger partial charge < -0.3 is 9.80 Å². The van der Waals surface area contributed by atoms with Gasteiger partial charge in [-0.3, -0.25) is 0 Å². The standard InChI is InChI=1S/C69H77N.C63H67N/c1-67(2,3)55-42-54(43-56(44-55)68(4,5)6)48-30-32-57(33-31-48)70(58-34-35-62-61-27-17-18-29-64(61)69(7,8)65(62)45-58)66-37-36-59(60-26-15-16-28-63(60)66)50-25-19-24-49(38-50)53-40-51(46-20-11-9-12-21-46)39-52(41-53)47-22-13-10-14-23-47;1-61(2,3)49-38-48(39-50(40-49)62(4,5)6)45-29-31-51(32-30-45)64(52-33-34-56-55-22-14-15-24-58(55)63(7,8)59(56)41-52)60-36-35-53(54-21-12-13-23-57(54)60)47-20-16-19-46(37-47)44-27-25-43(26-28-44)42-17-10-9-11-18-42/h17-19,24-25,27,29-47H,9-16,20-23,26,28H2,1-8H3;14-16,19-20,22,24-42H,9-13,17-18,21,23H2,1-8H3. The lowest BCUT2D eigenvalue weighted by Gasteiger charge is -2.33. The third-order valence-electron chi connectivity index (χ3n) is 32.5. The zero-order chi connectivity index (χ0) is 92.7. The molecule has 7 aliphatic carbocycles. The Morgan fingerprint density at radius 3 is 0.896 bits per heavy atom. The minimum absolute atomic E-state index is 0.0536. The molecule has 0 aliphatic heterocycles.